The lowest BCUT2D eigenvalue weighted by Gasteiger charge is -2.27. The van der Waals surface area contributed by atoms with Crippen molar-refractivity contribution in [3.63, 3.8) is 0 Å². The molecule has 0 aliphatic carbocycles. The number of thiophene rings is 1. The van der Waals surface area contributed by atoms with Crippen LogP contribution in [0, 0.1) is 0 Å². The maximum atomic E-state index is 12.8. The first-order valence-corrected chi connectivity index (χ1v) is 12.0. The van der Waals surface area contributed by atoms with Crippen LogP contribution in [0.25, 0.3) is 0 Å². The number of amides is 2. The molecule has 2 aromatic heterocycles. The Bertz CT molecular complexity index is 1100. The third-order valence-corrected chi connectivity index (χ3v) is 7.08. The topological polar surface area (TPSA) is 103 Å². The minimum Gasteiger partial charge on any atom is -0.467 e. The number of nitrogens with one attached hydrogen (secondary N) is 1. The maximum absolute atomic E-state index is 12.8. The van der Waals surface area contributed by atoms with Gasteiger partial charge in [-0.05, 0) is 60.0 Å². The number of halogens is 1. The van der Waals surface area contributed by atoms with Crippen molar-refractivity contribution in [3.05, 3.63) is 80.9 Å². The molecule has 1 saturated heterocycles. The average molecular weight is 489 g/mol. The predicted octanol–water partition coefficient (Wildman–Crippen LogP) is 3.29. The molecule has 9 heteroatoms. The van der Waals surface area contributed by atoms with Crippen molar-refractivity contribution >= 4 is 34.8 Å². The van der Waals surface area contributed by atoms with Gasteiger partial charge in [0.05, 0.1) is 18.8 Å². The number of hydrogen-bond donors (Lipinski definition) is 3. The van der Waals surface area contributed by atoms with Gasteiger partial charge in [-0.25, -0.2) is 0 Å². The van der Waals surface area contributed by atoms with E-state index >= 15 is 0 Å². The molecule has 3 atom stereocenters. The highest BCUT2D eigenvalue weighted by atomic mass is 35.5. The van der Waals surface area contributed by atoms with Gasteiger partial charge in [0.15, 0.2) is 12.2 Å². The van der Waals surface area contributed by atoms with E-state index in [1.54, 1.807) is 12.1 Å². The molecular formula is C24H25ClN2O5S. The molecule has 4 rings (SSSR count). The molecule has 1 aromatic carbocycles. The van der Waals surface area contributed by atoms with Crippen molar-refractivity contribution in [2.45, 2.75) is 44.1 Å². The molecule has 0 saturated carbocycles. The summed E-state index contributed by atoms with van der Waals surface area (Å²) >= 11 is 7.69. The lowest BCUT2D eigenvalue weighted by Crippen LogP contribution is -2.50. The summed E-state index contributed by atoms with van der Waals surface area (Å²) in [6.45, 7) is 0.613. The molecule has 7 nitrogen and oxygen atoms in total. The Labute approximate surface area is 200 Å². The van der Waals surface area contributed by atoms with Crippen LogP contribution in [-0.2, 0) is 22.6 Å². The number of nitrogens with zero attached hydrogens (tertiary/aromatic N) is 1. The Kier molecular flexibility index (Phi) is 7.49. The molecule has 1 aliphatic heterocycles. The summed E-state index contributed by atoms with van der Waals surface area (Å²) in [5.41, 5.74) is 2.07. The molecule has 1 aliphatic rings. The largest absolute Gasteiger partial charge is 0.467 e. The fourth-order valence-corrected chi connectivity index (χ4v) is 5.04. The molecule has 3 N–H and O–H groups in total. The molecule has 1 unspecified atom stereocenters. The Morgan fingerprint density at radius 2 is 2.03 bits per heavy atom. The Morgan fingerprint density at radius 1 is 1.21 bits per heavy atom. The Morgan fingerprint density at radius 3 is 2.79 bits per heavy atom. The number of furan rings is 1. The third-order valence-electron chi connectivity index (χ3n) is 5.73. The fraction of sp³-hybridized carbons (Fsp3) is 0.333. The zero-order valence-corrected chi connectivity index (χ0v) is 19.4. The second-order valence-corrected chi connectivity index (χ2v) is 9.40. The van der Waals surface area contributed by atoms with Gasteiger partial charge in [-0.2, -0.15) is 0 Å². The van der Waals surface area contributed by atoms with Gasteiger partial charge in [0.25, 0.3) is 11.8 Å². The van der Waals surface area contributed by atoms with E-state index in [0.29, 0.717) is 30.2 Å². The minimum atomic E-state index is -1.86. The van der Waals surface area contributed by atoms with E-state index in [9.17, 15) is 19.8 Å². The summed E-state index contributed by atoms with van der Waals surface area (Å²) in [4.78, 5) is 27.5. The second-order valence-electron chi connectivity index (χ2n) is 8.00. The van der Waals surface area contributed by atoms with Crippen LogP contribution in [-0.4, -0.2) is 45.7 Å². The molecule has 0 spiro atoms. The van der Waals surface area contributed by atoms with Crippen LogP contribution >= 0.6 is 22.9 Å². The van der Waals surface area contributed by atoms with Crippen molar-refractivity contribution < 1.29 is 24.2 Å². The van der Waals surface area contributed by atoms with Crippen molar-refractivity contribution in [2.75, 3.05) is 6.54 Å². The van der Waals surface area contributed by atoms with Crippen LogP contribution in [0.4, 0.5) is 0 Å². The highest BCUT2D eigenvalue weighted by Gasteiger charge is 2.39. The number of aliphatic hydroxyl groups is 2. The third kappa shape index (κ3) is 5.47. The van der Waals surface area contributed by atoms with Gasteiger partial charge >= 0.3 is 0 Å². The van der Waals surface area contributed by atoms with Gasteiger partial charge in [0.1, 0.15) is 5.76 Å². The first kappa shape index (κ1) is 23.5. The van der Waals surface area contributed by atoms with Crippen LogP contribution < -0.4 is 5.32 Å². The summed E-state index contributed by atoms with van der Waals surface area (Å²) in [5, 5.41) is 26.0. The highest BCUT2D eigenvalue weighted by Crippen LogP contribution is 2.32. The SMILES string of the molecule is O=C(NCc1cc(Cc2ccccc2Cl)cs1)[C@H](O)[C@@H](O)C(=O)N1CCCC1c1ccco1. The molecule has 0 radical (unpaired) electrons. The van der Waals surface area contributed by atoms with E-state index in [1.165, 1.54) is 22.5 Å². The number of carbonyl (C=O) groups is 2. The predicted molar refractivity (Wildman–Crippen MR) is 125 cm³/mol. The van der Waals surface area contributed by atoms with Gasteiger partial charge in [0, 0.05) is 16.4 Å². The van der Waals surface area contributed by atoms with Crippen LogP contribution in [0.5, 0.6) is 0 Å². The van der Waals surface area contributed by atoms with Crippen LogP contribution in [0.3, 0.4) is 0 Å². The number of benzene rings is 1. The van der Waals surface area contributed by atoms with Gasteiger partial charge in [-0.3, -0.25) is 9.59 Å². The molecule has 0 bridgehead atoms. The standard InChI is InChI=1S/C24H25ClN2O5S/c25-18-6-2-1-5-16(18)11-15-12-17(33-14-15)13-26-23(30)21(28)22(29)24(31)27-9-3-7-19(27)20-8-4-10-32-20/h1-2,4-6,8,10,12,14,19,21-22,28-29H,3,7,9,11,13H2,(H,26,30)/t19?,21-,22-/m1/s1. The van der Waals surface area contributed by atoms with Crippen molar-refractivity contribution in [1.29, 1.82) is 0 Å². The lowest BCUT2D eigenvalue weighted by molar-refractivity contribution is -0.154. The van der Waals surface area contributed by atoms with Crippen molar-refractivity contribution in [2.24, 2.45) is 0 Å². The zero-order valence-electron chi connectivity index (χ0n) is 17.8. The molecule has 174 valence electrons. The summed E-state index contributed by atoms with van der Waals surface area (Å²) < 4.78 is 5.40. The van der Waals surface area contributed by atoms with Crippen LogP contribution in [0.1, 0.15) is 40.6 Å². The lowest BCUT2D eigenvalue weighted by atomic mass is 10.1. The van der Waals surface area contributed by atoms with E-state index in [-0.39, 0.29) is 12.6 Å². The number of carbonyl (C=O) groups excluding carboxylic acids is 2. The van der Waals surface area contributed by atoms with E-state index < -0.39 is 24.0 Å². The van der Waals surface area contributed by atoms with Crippen LogP contribution in [0.2, 0.25) is 5.02 Å². The van der Waals surface area contributed by atoms with Gasteiger partial charge in [-0.15, -0.1) is 11.3 Å². The monoisotopic (exact) mass is 488 g/mol. The van der Waals surface area contributed by atoms with Crippen LogP contribution in [0.15, 0.2) is 58.5 Å². The number of aliphatic hydroxyl groups excluding tert-OH is 2. The first-order valence-electron chi connectivity index (χ1n) is 10.7. The number of hydrogen-bond acceptors (Lipinski definition) is 6. The molecular weight excluding hydrogens is 464 g/mol. The number of rotatable bonds is 8. The van der Waals surface area contributed by atoms with E-state index in [1.807, 2.05) is 35.7 Å². The summed E-state index contributed by atoms with van der Waals surface area (Å²) in [7, 11) is 0. The quantitative estimate of drug-likeness (QED) is 0.451. The maximum Gasteiger partial charge on any atom is 0.255 e. The molecule has 3 heterocycles. The molecule has 3 aromatic rings. The normalized spacial score (nSPS) is 17.7. The summed E-state index contributed by atoms with van der Waals surface area (Å²) in [5.74, 6) is -0.863. The molecule has 2 amide bonds. The van der Waals surface area contributed by atoms with E-state index in [2.05, 4.69) is 5.32 Å². The second kappa shape index (κ2) is 10.5. The smallest absolute Gasteiger partial charge is 0.255 e. The fourth-order valence-electron chi connectivity index (χ4n) is 4.01. The van der Waals surface area contributed by atoms with Gasteiger partial charge in [-0.1, -0.05) is 29.8 Å². The van der Waals surface area contributed by atoms with E-state index in [4.69, 9.17) is 16.0 Å². The Balaban J connectivity index is 1.31. The highest BCUT2D eigenvalue weighted by molar-refractivity contribution is 7.10. The number of likely N-dealkylation sites (tertiary alicyclic amines) is 1. The summed E-state index contributed by atoms with van der Waals surface area (Å²) in [6.07, 6.45) is -0.0615. The average Bonchev–Trinajstić information content (AvgIpc) is 3.59. The minimum absolute atomic E-state index is 0.183. The van der Waals surface area contributed by atoms with E-state index in [0.717, 1.165) is 22.4 Å². The van der Waals surface area contributed by atoms with Gasteiger partial charge in [0.2, 0.25) is 0 Å². The van der Waals surface area contributed by atoms with Crippen molar-refractivity contribution in [3.8, 4) is 0 Å². The summed E-state index contributed by atoms with van der Waals surface area (Å²) in [6, 6.07) is 12.8. The first-order chi connectivity index (χ1) is 15.9. The molecule has 1 fully saturated rings. The molecule has 33 heavy (non-hydrogen) atoms. The zero-order chi connectivity index (χ0) is 23.4. The Hall–Kier alpha value is -2.65. The van der Waals surface area contributed by atoms with Gasteiger partial charge < -0.3 is 24.8 Å². The van der Waals surface area contributed by atoms with Crippen molar-refractivity contribution in [1.82, 2.24) is 10.2 Å².